The minimum Gasteiger partial charge on any atom is -0.394 e. The van der Waals surface area contributed by atoms with Crippen LogP contribution in [0, 0.1) is 0 Å². The second-order valence-corrected chi connectivity index (χ2v) is 10.9. The molecule has 3 aliphatic heterocycles. The second-order valence-electron chi connectivity index (χ2n) is 8.33. The predicted octanol–water partition coefficient (Wildman–Crippen LogP) is -6.14. The van der Waals surface area contributed by atoms with E-state index in [0.29, 0.717) is 0 Å². The van der Waals surface area contributed by atoms with Crippen LogP contribution in [0.1, 0.15) is 0 Å². The molecule has 3 aliphatic rings. The van der Waals surface area contributed by atoms with Crippen LogP contribution in [-0.2, 0) is 14.2 Å². The maximum absolute atomic E-state index is 10.8. The van der Waals surface area contributed by atoms with Gasteiger partial charge in [0.1, 0.15) is 47.5 Å². The van der Waals surface area contributed by atoms with E-state index in [0.717, 1.165) is 23.5 Å². The first-order valence-corrected chi connectivity index (χ1v) is 12.5. The van der Waals surface area contributed by atoms with Crippen LogP contribution in [0.25, 0.3) is 0 Å². The van der Waals surface area contributed by atoms with Crippen LogP contribution < -0.4 is 0 Å². The summed E-state index contributed by atoms with van der Waals surface area (Å²) in [6, 6.07) is 0. The zero-order valence-corrected chi connectivity index (χ0v) is 19.4. The van der Waals surface area contributed by atoms with Gasteiger partial charge in [-0.1, -0.05) is 0 Å². The van der Waals surface area contributed by atoms with Crippen LogP contribution in [0.15, 0.2) is 0 Å². The number of hydrogen-bond acceptors (Lipinski definition) is 16. The Labute approximate surface area is 202 Å². The van der Waals surface area contributed by atoms with Gasteiger partial charge in [-0.05, 0) is 0 Å². The normalized spacial score (nSPS) is 52.5. The molecule has 3 saturated heterocycles. The topological polar surface area (TPSA) is 250 Å². The number of thioether (sulfide) groups is 2. The highest BCUT2D eigenvalue weighted by Gasteiger charge is 2.52. The molecule has 0 aromatic carbocycles. The van der Waals surface area contributed by atoms with Crippen molar-refractivity contribution in [2.75, 3.05) is 19.8 Å². The Kier molecular flexibility index (Phi) is 10.2. The molecule has 200 valence electrons. The summed E-state index contributed by atoms with van der Waals surface area (Å²) in [5.41, 5.74) is -2.52. The molecule has 0 aromatic heterocycles. The molecule has 3 heterocycles. The van der Waals surface area contributed by atoms with E-state index < -0.39 is 109 Å². The second kappa shape index (κ2) is 12.1. The largest absolute Gasteiger partial charge is 0.394 e. The molecule has 15 atom stereocenters. The monoisotopic (exact) mass is 536 g/mol. The third-order valence-corrected chi connectivity index (χ3v) is 9.20. The summed E-state index contributed by atoms with van der Waals surface area (Å²) in [5.74, 6) is 0. The van der Waals surface area contributed by atoms with Crippen molar-refractivity contribution >= 4 is 23.5 Å². The fourth-order valence-electron chi connectivity index (χ4n) is 4.06. The molecule has 0 saturated carbocycles. The average Bonchev–Trinajstić information content (AvgIpc) is 2.83. The lowest BCUT2D eigenvalue weighted by atomic mass is 10.0. The van der Waals surface area contributed by atoms with Crippen LogP contribution in [0.3, 0.4) is 0 Å². The van der Waals surface area contributed by atoms with Gasteiger partial charge < -0.3 is 70.4 Å². The number of rotatable bonds is 7. The van der Waals surface area contributed by atoms with Gasteiger partial charge in [0.15, 0.2) is 6.29 Å². The molecule has 0 bridgehead atoms. The van der Waals surface area contributed by atoms with E-state index in [1.807, 2.05) is 0 Å². The Morgan fingerprint density at radius 1 is 0.441 bits per heavy atom. The summed E-state index contributed by atoms with van der Waals surface area (Å²) < 4.78 is 16.2. The Morgan fingerprint density at radius 2 is 0.853 bits per heavy atom. The van der Waals surface area contributed by atoms with Crippen LogP contribution in [-0.4, -0.2) is 165 Å². The van der Waals surface area contributed by atoms with Gasteiger partial charge in [0.2, 0.25) is 0 Å². The van der Waals surface area contributed by atoms with E-state index in [2.05, 4.69) is 0 Å². The zero-order chi connectivity index (χ0) is 25.3. The molecular formula is C18H32O14S2. The van der Waals surface area contributed by atoms with Crippen molar-refractivity contribution in [1.29, 1.82) is 0 Å². The Bertz CT molecular complexity index is 644. The molecule has 3 fully saturated rings. The standard InChI is InChI=1S/C18H32O14S2/c19-1-4-7(22)8(23)12(27)17(31-4)34-15-6(3-21)32-18(13(28)10(15)25)33-14-5(2-20)30-16(29)11(26)9(14)24/h4-29H,1-3H2/t4-,5-,6-,7-,8+,9-,10-,11-,12-,13-,14-,15-,16-,17+,18+/m1/s1. The predicted molar refractivity (Wildman–Crippen MR) is 114 cm³/mol. The summed E-state index contributed by atoms with van der Waals surface area (Å²) in [4.78, 5) is 0. The maximum atomic E-state index is 10.8. The van der Waals surface area contributed by atoms with Crippen LogP contribution >= 0.6 is 23.5 Å². The van der Waals surface area contributed by atoms with E-state index in [4.69, 9.17) is 14.2 Å². The van der Waals surface area contributed by atoms with Crippen molar-refractivity contribution in [2.45, 2.75) is 88.7 Å². The fraction of sp³-hybridized carbons (Fsp3) is 1.00. The Morgan fingerprint density at radius 3 is 1.35 bits per heavy atom. The lowest BCUT2D eigenvalue weighted by Crippen LogP contribution is -2.62. The molecule has 0 aromatic rings. The highest BCUT2D eigenvalue weighted by atomic mass is 32.2. The molecule has 0 spiro atoms. The molecule has 3 rings (SSSR count). The van der Waals surface area contributed by atoms with Gasteiger partial charge in [0, 0.05) is 0 Å². The number of aliphatic hydroxyl groups is 11. The molecule has 0 unspecified atom stereocenters. The molecule has 0 amide bonds. The maximum Gasteiger partial charge on any atom is 0.183 e. The molecular weight excluding hydrogens is 504 g/mol. The van der Waals surface area contributed by atoms with E-state index in [9.17, 15) is 56.2 Å². The molecule has 34 heavy (non-hydrogen) atoms. The molecule has 11 N–H and O–H groups in total. The van der Waals surface area contributed by atoms with Crippen molar-refractivity contribution < 1.29 is 70.4 Å². The first kappa shape index (κ1) is 28.7. The van der Waals surface area contributed by atoms with Crippen LogP contribution in [0.5, 0.6) is 0 Å². The van der Waals surface area contributed by atoms with E-state index in [1.165, 1.54) is 0 Å². The average molecular weight is 537 g/mol. The lowest BCUT2D eigenvalue weighted by Gasteiger charge is -2.47. The van der Waals surface area contributed by atoms with Crippen molar-refractivity contribution in [3.63, 3.8) is 0 Å². The SMILES string of the molecule is OC[C@H]1O[C@@H](S[C@H]2[C@H](O)[C@@H](O)[C@H](S[C@H]3[C@H](O)[C@@H](O)[C@H](O)O[C@@H]3CO)O[C@@H]2CO)[C@H](O)[C@@H](O)[C@@H]1O. The van der Waals surface area contributed by atoms with Gasteiger partial charge in [0.25, 0.3) is 0 Å². The molecule has 0 radical (unpaired) electrons. The molecule has 0 aliphatic carbocycles. The minimum absolute atomic E-state index is 0.636. The number of aliphatic hydroxyl groups excluding tert-OH is 11. The summed E-state index contributed by atoms with van der Waals surface area (Å²) in [6.07, 6.45) is -16.5. The number of hydrogen-bond donors (Lipinski definition) is 11. The van der Waals surface area contributed by atoms with Gasteiger partial charge in [-0.25, -0.2) is 0 Å². The van der Waals surface area contributed by atoms with Crippen molar-refractivity contribution in [2.24, 2.45) is 0 Å². The van der Waals surface area contributed by atoms with Crippen LogP contribution in [0.4, 0.5) is 0 Å². The van der Waals surface area contributed by atoms with Crippen LogP contribution in [0.2, 0.25) is 0 Å². The van der Waals surface area contributed by atoms with E-state index in [1.54, 1.807) is 0 Å². The quantitative estimate of drug-likeness (QED) is 0.145. The summed E-state index contributed by atoms with van der Waals surface area (Å²) in [7, 11) is 0. The van der Waals surface area contributed by atoms with Gasteiger partial charge in [-0.15, -0.1) is 23.5 Å². The third-order valence-electron chi connectivity index (χ3n) is 6.09. The summed E-state index contributed by atoms with van der Waals surface area (Å²) in [6.45, 7) is -1.94. The summed E-state index contributed by atoms with van der Waals surface area (Å²) in [5, 5.41) is 108. The Hall–Kier alpha value is 0.140. The number of ether oxygens (including phenoxy) is 3. The zero-order valence-electron chi connectivity index (χ0n) is 17.7. The van der Waals surface area contributed by atoms with Gasteiger partial charge in [-0.3, -0.25) is 0 Å². The molecule has 16 heteroatoms. The smallest absolute Gasteiger partial charge is 0.183 e. The highest BCUT2D eigenvalue weighted by Crippen LogP contribution is 2.42. The summed E-state index contributed by atoms with van der Waals surface area (Å²) >= 11 is 1.45. The third kappa shape index (κ3) is 5.67. The lowest BCUT2D eigenvalue weighted by molar-refractivity contribution is -0.249. The first-order chi connectivity index (χ1) is 16.0. The van der Waals surface area contributed by atoms with E-state index >= 15 is 0 Å². The fourth-order valence-corrected chi connectivity index (χ4v) is 7.03. The van der Waals surface area contributed by atoms with Crippen molar-refractivity contribution in [3.05, 3.63) is 0 Å². The van der Waals surface area contributed by atoms with Crippen molar-refractivity contribution in [1.82, 2.24) is 0 Å². The minimum atomic E-state index is -1.74. The van der Waals surface area contributed by atoms with Crippen molar-refractivity contribution in [3.8, 4) is 0 Å². The highest BCUT2D eigenvalue weighted by molar-refractivity contribution is 8.01. The first-order valence-electron chi connectivity index (χ1n) is 10.6. The van der Waals surface area contributed by atoms with E-state index in [-0.39, 0.29) is 0 Å². The Balaban J connectivity index is 1.72. The molecule has 14 nitrogen and oxygen atoms in total. The van der Waals surface area contributed by atoms with Gasteiger partial charge in [0.05, 0.1) is 54.7 Å². The van der Waals surface area contributed by atoms with Gasteiger partial charge >= 0.3 is 0 Å². The van der Waals surface area contributed by atoms with Gasteiger partial charge in [-0.2, -0.15) is 0 Å².